The Morgan fingerprint density at radius 1 is 1.28 bits per heavy atom. The summed E-state index contributed by atoms with van der Waals surface area (Å²) in [5.74, 6) is -3.10. The van der Waals surface area contributed by atoms with Crippen LogP contribution < -0.4 is 9.88 Å². The largest absolute Gasteiger partial charge is 0.487 e. The van der Waals surface area contributed by atoms with Crippen molar-refractivity contribution in [2.45, 2.75) is 32.6 Å². The van der Waals surface area contributed by atoms with Gasteiger partial charge in [-0.1, -0.05) is 18.5 Å². The Hall–Kier alpha value is -3.35. The maximum atomic E-state index is 12.4. The highest BCUT2D eigenvalue weighted by atomic mass is 35.5. The second kappa shape index (κ2) is 13.1. The zero-order chi connectivity index (χ0) is 26.9. The molecule has 194 valence electrons. The van der Waals surface area contributed by atoms with Gasteiger partial charge >= 0.3 is 11.7 Å². The number of carboxylic acids is 1. The third kappa shape index (κ3) is 9.02. The van der Waals surface area contributed by atoms with Gasteiger partial charge in [-0.05, 0) is 61.1 Å². The van der Waals surface area contributed by atoms with Crippen LogP contribution in [0.25, 0.3) is 0 Å². The molecule has 11 nitrogen and oxygen atoms in total. The fourth-order valence-corrected chi connectivity index (χ4v) is 5.00. The number of carbonyl (C=O) groups excluding carboxylic acids is 2. The molecule has 0 heterocycles. The van der Waals surface area contributed by atoms with E-state index in [1.807, 2.05) is 0 Å². The lowest BCUT2D eigenvalue weighted by atomic mass is 10.0. The Bertz CT molecular complexity index is 1270. The molecule has 13 heteroatoms. The Balaban J connectivity index is 2.04. The number of nitrogens with two attached hydrogens (primary N) is 1. The highest BCUT2D eigenvalue weighted by Crippen LogP contribution is 2.29. The molecule has 0 aromatic heterocycles. The average molecular weight is 540 g/mol. The summed E-state index contributed by atoms with van der Waals surface area (Å²) in [7, 11) is -3.54. The monoisotopic (exact) mass is 539 g/mol. The van der Waals surface area contributed by atoms with E-state index in [4.69, 9.17) is 26.6 Å². The summed E-state index contributed by atoms with van der Waals surface area (Å²) in [5, 5.41) is 26.4. The summed E-state index contributed by atoms with van der Waals surface area (Å²) in [6.07, 6.45) is 2.18. The molecule has 1 unspecified atom stereocenters. The molecule has 0 aliphatic carbocycles. The molecule has 2 aromatic rings. The van der Waals surface area contributed by atoms with E-state index in [1.54, 1.807) is 18.2 Å². The molecule has 0 aliphatic heterocycles. The number of hydrogen-bond acceptors (Lipinski definition) is 7. The molecule has 0 spiro atoms. The van der Waals surface area contributed by atoms with Crippen molar-refractivity contribution in [1.29, 1.82) is 0 Å². The molecular formula is C23H26ClN3O8S. The Morgan fingerprint density at radius 3 is 2.64 bits per heavy atom. The normalized spacial score (nSPS) is 13.3. The first kappa shape index (κ1) is 28.9. The molecular weight excluding hydrogens is 514 g/mol. The van der Waals surface area contributed by atoms with Crippen LogP contribution in [0.15, 0.2) is 40.8 Å². The number of amides is 1. The number of rotatable bonds is 13. The maximum Gasteiger partial charge on any atom is 0.311 e. The number of nitrogens with zero attached hydrogens (tertiary/aromatic N) is 2. The minimum Gasteiger partial charge on any atom is -0.487 e. The minimum atomic E-state index is -3.54. The first-order valence-corrected chi connectivity index (χ1v) is 13.0. The number of ether oxygens (including phenoxy) is 1. The van der Waals surface area contributed by atoms with Crippen LogP contribution in [0.5, 0.6) is 5.75 Å². The van der Waals surface area contributed by atoms with Crippen LogP contribution in [-0.2, 0) is 21.1 Å². The molecule has 2 rings (SSSR count). The average Bonchev–Trinajstić information content (AvgIpc) is 2.77. The fraction of sp³-hybridized carbons (Fsp3) is 0.348. The van der Waals surface area contributed by atoms with Crippen molar-refractivity contribution in [1.82, 2.24) is 0 Å². The number of aliphatic carboxylic acids is 1. The highest BCUT2D eigenvalue weighted by molar-refractivity contribution is 7.91. The van der Waals surface area contributed by atoms with E-state index in [9.17, 15) is 28.7 Å². The quantitative estimate of drug-likeness (QED) is 0.165. The van der Waals surface area contributed by atoms with Gasteiger partial charge in [-0.25, -0.2) is 9.35 Å². The van der Waals surface area contributed by atoms with Crippen molar-refractivity contribution < 1.29 is 33.4 Å². The smallest absolute Gasteiger partial charge is 0.311 e. The summed E-state index contributed by atoms with van der Waals surface area (Å²) >= 11 is 5.97. The van der Waals surface area contributed by atoms with Gasteiger partial charge in [0.15, 0.2) is 5.75 Å². The summed E-state index contributed by atoms with van der Waals surface area (Å²) in [6, 6.07) is 8.42. The molecule has 2 atom stereocenters. The van der Waals surface area contributed by atoms with Crippen molar-refractivity contribution in [3.63, 3.8) is 0 Å². The van der Waals surface area contributed by atoms with E-state index >= 15 is 0 Å². The van der Waals surface area contributed by atoms with Gasteiger partial charge in [0, 0.05) is 34.4 Å². The van der Waals surface area contributed by atoms with Crippen LogP contribution in [0.3, 0.4) is 0 Å². The standard InChI is InChI=1S/C23H26ClN3O8S/c1-15(10-22(29)30)14-36(25,34)26-23(31)17-6-8-21(20(12-17)27(32)33)35-9-3-2-4-16-11-19(24)7-5-18(16)13-28/h5-8,11-13,15H,2-4,9-10,14H2,1H3,(H,29,30)(H2,25,26,31,34)/t15-,36?/m0/s1. The zero-order valence-electron chi connectivity index (χ0n) is 19.4. The lowest BCUT2D eigenvalue weighted by Crippen LogP contribution is -2.24. The molecule has 0 fully saturated rings. The first-order valence-electron chi connectivity index (χ1n) is 10.9. The van der Waals surface area contributed by atoms with E-state index in [2.05, 4.69) is 4.36 Å². The van der Waals surface area contributed by atoms with Crippen molar-refractivity contribution >= 4 is 45.4 Å². The number of hydrogen-bond donors (Lipinski definition) is 2. The SMILES string of the molecule is C[C@@H](CC(=O)O)CS(N)(=O)=NC(=O)c1ccc(OCCCCc2cc(Cl)ccc2C=O)c([N+](=O)[O-])c1. The van der Waals surface area contributed by atoms with Crippen molar-refractivity contribution in [2.24, 2.45) is 15.4 Å². The van der Waals surface area contributed by atoms with Gasteiger partial charge in [0.25, 0.3) is 5.91 Å². The van der Waals surface area contributed by atoms with Crippen LogP contribution in [0, 0.1) is 16.0 Å². The van der Waals surface area contributed by atoms with Crippen molar-refractivity contribution in [2.75, 3.05) is 12.4 Å². The van der Waals surface area contributed by atoms with E-state index in [-0.39, 0.29) is 30.1 Å². The lowest BCUT2D eigenvalue weighted by Gasteiger charge is -2.10. The van der Waals surface area contributed by atoms with Gasteiger partial charge in [-0.15, -0.1) is 4.36 Å². The number of aldehydes is 1. The number of nitro benzene ring substituents is 1. The summed E-state index contributed by atoms with van der Waals surface area (Å²) < 4.78 is 21.4. The molecule has 36 heavy (non-hydrogen) atoms. The second-order valence-electron chi connectivity index (χ2n) is 8.16. The molecule has 0 bridgehead atoms. The number of benzene rings is 2. The Morgan fingerprint density at radius 2 is 2.00 bits per heavy atom. The summed E-state index contributed by atoms with van der Waals surface area (Å²) in [6.45, 7) is 1.65. The molecule has 0 saturated carbocycles. The number of unbranched alkanes of at least 4 members (excludes halogenated alkanes) is 1. The summed E-state index contributed by atoms with van der Waals surface area (Å²) in [4.78, 5) is 45.1. The van der Waals surface area contributed by atoms with E-state index in [0.717, 1.165) is 17.9 Å². The molecule has 3 N–H and O–H groups in total. The van der Waals surface area contributed by atoms with Gasteiger partial charge in [0.1, 0.15) is 16.2 Å². The van der Waals surface area contributed by atoms with Gasteiger partial charge in [0.05, 0.1) is 11.5 Å². The minimum absolute atomic E-state index is 0.0588. The zero-order valence-corrected chi connectivity index (χ0v) is 21.0. The number of carboxylic acid groups (broad SMARTS) is 1. The van der Waals surface area contributed by atoms with Crippen LogP contribution in [0.4, 0.5) is 5.69 Å². The molecule has 0 aliphatic rings. The highest BCUT2D eigenvalue weighted by Gasteiger charge is 2.21. The van der Waals surface area contributed by atoms with Crippen molar-refractivity contribution in [3.05, 3.63) is 68.2 Å². The van der Waals surface area contributed by atoms with Gasteiger partial charge in [-0.3, -0.25) is 24.5 Å². The van der Waals surface area contributed by atoms with Crippen LogP contribution in [0.2, 0.25) is 5.02 Å². The van der Waals surface area contributed by atoms with Gasteiger partial charge in [0.2, 0.25) is 0 Å². The lowest BCUT2D eigenvalue weighted by molar-refractivity contribution is -0.385. The summed E-state index contributed by atoms with van der Waals surface area (Å²) in [5.41, 5.74) is 0.653. The Kier molecular flexibility index (Phi) is 10.5. The predicted octanol–water partition coefficient (Wildman–Crippen LogP) is 4.06. The van der Waals surface area contributed by atoms with E-state index in [0.29, 0.717) is 29.8 Å². The van der Waals surface area contributed by atoms with Crippen molar-refractivity contribution in [3.8, 4) is 5.75 Å². The van der Waals surface area contributed by atoms with E-state index in [1.165, 1.54) is 19.1 Å². The molecule has 0 saturated heterocycles. The number of carbonyl (C=O) groups is 3. The van der Waals surface area contributed by atoms with Crippen LogP contribution >= 0.6 is 11.6 Å². The molecule has 2 aromatic carbocycles. The fourth-order valence-electron chi connectivity index (χ4n) is 3.42. The third-order valence-electron chi connectivity index (χ3n) is 5.02. The first-order chi connectivity index (χ1) is 16.9. The van der Waals surface area contributed by atoms with Crippen LogP contribution in [-0.4, -0.2) is 44.8 Å². The number of nitro groups is 1. The number of aryl methyl sites for hydroxylation is 1. The third-order valence-corrected chi connectivity index (χ3v) is 6.77. The maximum absolute atomic E-state index is 12.4. The van der Waals surface area contributed by atoms with Gasteiger partial charge in [-0.2, -0.15) is 0 Å². The Labute approximate surface area is 213 Å². The number of halogens is 1. The predicted molar refractivity (Wildman–Crippen MR) is 134 cm³/mol. The topological polar surface area (TPSA) is 179 Å². The molecule has 0 radical (unpaired) electrons. The molecule has 1 amide bonds. The second-order valence-corrected chi connectivity index (χ2v) is 10.5. The van der Waals surface area contributed by atoms with E-state index < -0.39 is 38.3 Å². The van der Waals surface area contributed by atoms with Gasteiger partial charge < -0.3 is 9.84 Å². The van der Waals surface area contributed by atoms with Crippen LogP contribution in [0.1, 0.15) is 52.5 Å².